The van der Waals surface area contributed by atoms with Gasteiger partial charge in [0.15, 0.2) is 11.5 Å². The largest absolute Gasteiger partial charge is 0.489 e. The second kappa shape index (κ2) is 8.19. The van der Waals surface area contributed by atoms with Gasteiger partial charge in [0.05, 0.1) is 6.10 Å². The normalized spacial score (nSPS) is 11.6. The zero-order chi connectivity index (χ0) is 16.7. The molecule has 0 unspecified atom stereocenters. The molecule has 0 bridgehead atoms. The lowest BCUT2D eigenvalue weighted by molar-refractivity contribution is -0.132. The molecule has 0 saturated carbocycles. The maximum atomic E-state index is 11.1. The summed E-state index contributed by atoms with van der Waals surface area (Å²) in [6.07, 6.45) is -0.630. The number of carbonyl (C=O) groups is 1. The molecular weight excluding hydrogens is 296 g/mol. The third kappa shape index (κ3) is 5.64. The number of aliphatic hydroxyl groups excluding tert-OH is 1. The summed E-state index contributed by atoms with van der Waals surface area (Å²) < 4.78 is 16.3. The Kier molecular flexibility index (Phi) is 6.00. The van der Waals surface area contributed by atoms with Crippen molar-refractivity contribution in [3.05, 3.63) is 54.1 Å². The molecule has 0 heterocycles. The van der Waals surface area contributed by atoms with Crippen LogP contribution in [0.1, 0.15) is 19.4 Å². The van der Waals surface area contributed by atoms with Crippen molar-refractivity contribution >= 4 is 5.97 Å². The van der Waals surface area contributed by atoms with Crippen LogP contribution >= 0.6 is 0 Å². The van der Waals surface area contributed by atoms with E-state index in [4.69, 9.17) is 14.2 Å². The molecule has 0 spiro atoms. The van der Waals surface area contributed by atoms with E-state index in [1.807, 2.05) is 30.3 Å². The number of hydrogen-bond acceptors (Lipinski definition) is 5. The van der Waals surface area contributed by atoms with Crippen molar-refractivity contribution in [2.24, 2.45) is 0 Å². The summed E-state index contributed by atoms with van der Waals surface area (Å²) in [5.74, 6) is 0.798. The van der Waals surface area contributed by atoms with Gasteiger partial charge in [-0.2, -0.15) is 0 Å². The Hall–Kier alpha value is -2.53. The van der Waals surface area contributed by atoms with Crippen molar-refractivity contribution < 1.29 is 24.1 Å². The average Bonchev–Trinajstić information content (AvgIpc) is 2.53. The minimum Gasteiger partial charge on any atom is -0.489 e. The number of hydrogen-bond donors (Lipinski definition) is 1. The molecule has 2 aromatic carbocycles. The summed E-state index contributed by atoms with van der Waals surface area (Å²) in [4.78, 5) is 11.1. The highest BCUT2D eigenvalue weighted by Crippen LogP contribution is 2.32. The van der Waals surface area contributed by atoms with Gasteiger partial charge < -0.3 is 19.3 Å². The van der Waals surface area contributed by atoms with Crippen molar-refractivity contribution in [1.82, 2.24) is 0 Å². The second-order valence-electron chi connectivity index (χ2n) is 5.14. The molecule has 0 aliphatic rings. The maximum absolute atomic E-state index is 11.1. The third-order valence-corrected chi connectivity index (χ3v) is 2.90. The van der Waals surface area contributed by atoms with Gasteiger partial charge in [-0.15, -0.1) is 0 Å². The summed E-state index contributed by atoms with van der Waals surface area (Å²) >= 11 is 0. The molecule has 0 amide bonds. The van der Waals surface area contributed by atoms with E-state index in [0.717, 1.165) is 5.56 Å². The Morgan fingerprint density at radius 1 is 1.09 bits per heavy atom. The lowest BCUT2D eigenvalue weighted by Crippen LogP contribution is -2.14. The van der Waals surface area contributed by atoms with E-state index in [1.54, 1.807) is 25.1 Å². The van der Waals surface area contributed by atoms with Crippen LogP contribution < -0.4 is 14.2 Å². The fraction of sp³-hybridized carbons (Fsp3) is 0.278. The van der Waals surface area contributed by atoms with Crippen molar-refractivity contribution in [2.45, 2.75) is 26.6 Å². The van der Waals surface area contributed by atoms with Gasteiger partial charge in [0.1, 0.15) is 19.0 Å². The summed E-state index contributed by atoms with van der Waals surface area (Å²) in [6, 6.07) is 14.7. The molecule has 23 heavy (non-hydrogen) atoms. The summed E-state index contributed by atoms with van der Waals surface area (Å²) in [5, 5.41) is 9.34. The van der Waals surface area contributed by atoms with Crippen molar-refractivity contribution in [3.63, 3.8) is 0 Å². The Balaban J connectivity index is 2.10. The first-order valence-electron chi connectivity index (χ1n) is 7.34. The number of rotatable bonds is 7. The molecule has 5 heteroatoms. The lowest BCUT2D eigenvalue weighted by atomic mass is 10.2. The maximum Gasteiger partial charge on any atom is 0.308 e. The fourth-order valence-corrected chi connectivity index (χ4v) is 1.88. The Labute approximate surface area is 135 Å². The predicted octanol–water partition coefficient (Wildman–Crippen LogP) is 2.95. The van der Waals surface area contributed by atoms with E-state index >= 15 is 0 Å². The van der Waals surface area contributed by atoms with Gasteiger partial charge in [0.2, 0.25) is 0 Å². The highest BCUT2D eigenvalue weighted by atomic mass is 16.6. The Morgan fingerprint density at radius 3 is 2.48 bits per heavy atom. The van der Waals surface area contributed by atoms with Crippen molar-refractivity contribution in [1.29, 1.82) is 0 Å². The van der Waals surface area contributed by atoms with Crippen molar-refractivity contribution in [3.8, 4) is 17.2 Å². The first-order chi connectivity index (χ1) is 11.0. The van der Waals surface area contributed by atoms with Crippen LogP contribution in [-0.2, 0) is 11.4 Å². The van der Waals surface area contributed by atoms with Crippen molar-refractivity contribution in [2.75, 3.05) is 6.61 Å². The molecule has 0 fully saturated rings. The molecule has 2 rings (SSSR count). The highest BCUT2D eigenvalue weighted by molar-refractivity contribution is 5.70. The fourth-order valence-electron chi connectivity index (χ4n) is 1.88. The van der Waals surface area contributed by atoms with Crippen LogP contribution in [0.15, 0.2) is 48.5 Å². The number of carbonyl (C=O) groups excluding carboxylic acids is 1. The topological polar surface area (TPSA) is 65.0 Å². The van der Waals surface area contributed by atoms with Crippen LogP contribution in [0.3, 0.4) is 0 Å². The summed E-state index contributed by atoms with van der Waals surface area (Å²) in [7, 11) is 0. The molecule has 0 aliphatic carbocycles. The van der Waals surface area contributed by atoms with E-state index in [2.05, 4.69) is 0 Å². The number of benzene rings is 2. The van der Waals surface area contributed by atoms with Gasteiger partial charge in [-0.25, -0.2) is 0 Å². The van der Waals surface area contributed by atoms with E-state index < -0.39 is 12.1 Å². The average molecular weight is 316 g/mol. The first kappa shape index (κ1) is 16.8. The van der Waals surface area contributed by atoms with E-state index in [-0.39, 0.29) is 6.61 Å². The van der Waals surface area contributed by atoms with Gasteiger partial charge in [0.25, 0.3) is 0 Å². The SMILES string of the molecule is CC(=O)Oc1ccc(OCc2ccccc2)cc1OC[C@@H](C)O. The monoisotopic (exact) mass is 316 g/mol. The quantitative estimate of drug-likeness (QED) is 0.628. The molecule has 122 valence electrons. The predicted molar refractivity (Wildman–Crippen MR) is 85.7 cm³/mol. The summed E-state index contributed by atoms with van der Waals surface area (Å²) in [5.41, 5.74) is 1.04. The number of ether oxygens (including phenoxy) is 3. The zero-order valence-electron chi connectivity index (χ0n) is 13.2. The summed E-state index contributed by atoms with van der Waals surface area (Å²) in [6.45, 7) is 3.44. The van der Waals surface area contributed by atoms with Gasteiger partial charge in [0, 0.05) is 13.0 Å². The second-order valence-corrected chi connectivity index (χ2v) is 5.14. The molecule has 1 N–H and O–H groups in total. The van der Waals surface area contributed by atoms with Crippen LogP contribution in [0.4, 0.5) is 0 Å². The molecule has 2 aromatic rings. The molecular formula is C18H20O5. The molecule has 0 aliphatic heterocycles. The smallest absolute Gasteiger partial charge is 0.308 e. The van der Waals surface area contributed by atoms with Gasteiger partial charge >= 0.3 is 5.97 Å². The first-order valence-corrected chi connectivity index (χ1v) is 7.34. The minimum absolute atomic E-state index is 0.0937. The number of aliphatic hydroxyl groups is 1. The Bertz CT molecular complexity index is 637. The Morgan fingerprint density at radius 2 is 1.83 bits per heavy atom. The molecule has 0 saturated heterocycles. The van der Waals surface area contributed by atoms with Crippen LogP contribution in [0.5, 0.6) is 17.2 Å². The van der Waals surface area contributed by atoms with Gasteiger partial charge in [-0.05, 0) is 24.6 Å². The number of esters is 1. The zero-order valence-corrected chi connectivity index (χ0v) is 13.2. The van der Waals surface area contributed by atoms with E-state index in [9.17, 15) is 9.90 Å². The molecule has 1 atom stereocenters. The van der Waals surface area contributed by atoms with Gasteiger partial charge in [-0.3, -0.25) is 4.79 Å². The van der Waals surface area contributed by atoms with Crippen LogP contribution in [0.25, 0.3) is 0 Å². The third-order valence-electron chi connectivity index (χ3n) is 2.90. The van der Waals surface area contributed by atoms with Crippen LogP contribution in [-0.4, -0.2) is 23.8 Å². The van der Waals surface area contributed by atoms with E-state index in [1.165, 1.54) is 6.92 Å². The molecule has 0 aromatic heterocycles. The highest BCUT2D eigenvalue weighted by Gasteiger charge is 2.11. The lowest BCUT2D eigenvalue weighted by Gasteiger charge is -2.14. The molecule has 0 radical (unpaired) electrons. The minimum atomic E-state index is -0.630. The molecule has 5 nitrogen and oxygen atoms in total. The standard InChI is InChI=1S/C18H20O5/c1-13(19)11-22-18-10-16(8-9-17(18)23-14(2)20)21-12-15-6-4-3-5-7-15/h3-10,13,19H,11-12H2,1-2H3/t13-/m1/s1. The van der Waals surface area contributed by atoms with E-state index in [0.29, 0.717) is 23.9 Å². The van der Waals surface area contributed by atoms with Gasteiger partial charge in [-0.1, -0.05) is 30.3 Å². The van der Waals surface area contributed by atoms with Crippen LogP contribution in [0, 0.1) is 0 Å². The van der Waals surface area contributed by atoms with Crippen LogP contribution in [0.2, 0.25) is 0 Å².